The summed E-state index contributed by atoms with van der Waals surface area (Å²) in [6.07, 6.45) is 0. The minimum Gasteiger partial charge on any atom is -0.486 e. The topological polar surface area (TPSA) is 52.3 Å². The number of nitrogens with two attached hydrogens (primary N) is 1. The first-order valence-corrected chi connectivity index (χ1v) is 4.91. The lowest BCUT2D eigenvalue weighted by Gasteiger charge is -2.03. The molecule has 0 saturated heterocycles. The molecule has 0 fully saturated rings. The Hall–Kier alpha value is -1.55. The number of fused-ring (bicyclic) bond motifs is 1. The number of ether oxygens (including phenoxy) is 1. The van der Waals surface area contributed by atoms with Crippen LogP contribution in [-0.4, -0.2) is 7.11 Å². The molecule has 72 valence electrons. The summed E-state index contributed by atoms with van der Waals surface area (Å²) in [5.41, 5.74) is 5.67. The van der Waals surface area contributed by atoms with Gasteiger partial charge in [0, 0.05) is 10.1 Å². The lowest BCUT2D eigenvalue weighted by molar-refractivity contribution is 0.428. The Kier molecular flexibility index (Phi) is 2.13. The highest BCUT2D eigenvalue weighted by Gasteiger charge is 2.08. The summed E-state index contributed by atoms with van der Waals surface area (Å²) in [5, 5.41) is 1.13. The van der Waals surface area contributed by atoms with Gasteiger partial charge >= 0.3 is 0 Å². The van der Waals surface area contributed by atoms with Crippen LogP contribution in [0.15, 0.2) is 29.1 Å². The lowest BCUT2D eigenvalue weighted by atomic mass is 10.2. The Bertz CT molecular complexity index is 533. The fourth-order valence-electron chi connectivity index (χ4n) is 1.29. The van der Waals surface area contributed by atoms with E-state index in [4.69, 9.17) is 10.5 Å². The van der Waals surface area contributed by atoms with Crippen LogP contribution in [0.3, 0.4) is 0 Å². The molecule has 0 unspecified atom stereocenters. The van der Waals surface area contributed by atoms with E-state index in [9.17, 15) is 4.79 Å². The van der Waals surface area contributed by atoms with Gasteiger partial charge in [-0.05, 0) is 12.1 Å². The molecule has 0 bridgehead atoms. The zero-order valence-corrected chi connectivity index (χ0v) is 8.43. The molecule has 14 heavy (non-hydrogen) atoms. The lowest BCUT2D eigenvalue weighted by Crippen LogP contribution is -2.08. The van der Waals surface area contributed by atoms with Crippen LogP contribution in [0.2, 0.25) is 0 Å². The van der Waals surface area contributed by atoms with Gasteiger partial charge in [-0.15, -0.1) is 0 Å². The average molecular weight is 207 g/mol. The average Bonchev–Trinajstić information content (AvgIpc) is 2.23. The molecule has 0 aliphatic carbocycles. The summed E-state index contributed by atoms with van der Waals surface area (Å²) in [7, 11) is 1.51. The molecular formula is C10H9NO2S. The highest BCUT2D eigenvalue weighted by molar-refractivity contribution is 7.20. The van der Waals surface area contributed by atoms with E-state index in [2.05, 4.69) is 0 Å². The highest BCUT2D eigenvalue weighted by atomic mass is 32.1. The molecule has 1 aromatic carbocycles. The van der Waals surface area contributed by atoms with Gasteiger partial charge in [0.25, 0.3) is 0 Å². The van der Waals surface area contributed by atoms with Crippen molar-refractivity contribution < 1.29 is 4.74 Å². The molecule has 0 spiro atoms. The third kappa shape index (κ3) is 1.24. The summed E-state index contributed by atoms with van der Waals surface area (Å²) in [4.78, 5) is 11.7. The van der Waals surface area contributed by atoms with E-state index in [1.165, 1.54) is 18.4 Å². The number of methoxy groups -OCH3 is 1. The van der Waals surface area contributed by atoms with Crippen molar-refractivity contribution in [2.75, 3.05) is 12.8 Å². The Morgan fingerprint density at radius 2 is 2.07 bits per heavy atom. The van der Waals surface area contributed by atoms with Gasteiger partial charge in [-0.3, -0.25) is 4.79 Å². The summed E-state index contributed by atoms with van der Waals surface area (Å²) in [6.45, 7) is 0. The molecular weight excluding hydrogens is 198 g/mol. The molecule has 0 saturated carbocycles. The third-order valence-corrected chi connectivity index (χ3v) is 3.13. The number of rotatable bonds is 1. The summed E-state index contributed by atoms with van der Waals surface area (Å²) >= 11 is 1.38. The number of hydrogen-bond acceptors (Lipinski definition) is 4. The van der Waals surface area contributed by atoms with Gasteiger partial charge in [0.2, 0.25) is 10.5 Å². The molecule has 0 amide bonds. The first kappa shape index (κ1) is 9.02. The van der Waals surface area contributed by atoms with Crippen LogP contribution in [0, 0.1) is 0 Å². The van der Waals surface area contributed by atoms with Crippen molar-refractivity contribution in [3.8, 4) is 5.06 Å². The molecule has 2 N–H and O–H groups in total. The van der Waals surface area contributed by atoms with Gasteiger partial charge in [-0.25, -0.2) is 0 Å². The zero-order chi connectivity index (χ0) is 10.1. The molecule has 3 nitrogen and oxygen atoms in total. The third-order valence-electron chi connectivity index (χ3n) is 1.98. The van der Waals surface area contributed by atoms with Gasteiger partial charge < -0.3 is 10.5 Å². The second-order valence-electron chi connectivity index (χ2n) is 2.83. The van der Waals surface area contributed by atoms with Gasteiger partial charge in [0.15, 0.2) is 0 Å². The van der Waals surface area contributed by atoms with E-state index >= 15 is 0 Å². The van der Waals surface area contributed by atoms with Crippen molar-refractivity contribution in [2.24, 2.45) is 0 Å². The molecule has 2 rings (SSSR count). The first-order valence-electron chi connectivity index (χ1n) is 4.09. The summed E-state index contributed by atoms with van der Waals surface area (Å²) < 4.78 is 5.92. The van der Waals surface area contributed by atoms with Crippen molar-refractivity contribution in [2.45, 2.75) is 0 Å². The van der Waals surface area contributed by atoms with Crippen LogP contribution >= 0.6 is 11.3 Å². The molecule has 0 atom stereocenters. The highest BCUT2D eigenvalue weighted by Crippen LogP contribution is 2.29. The smallest absolute Gasteiger partial charge is 0.214 e. The fraction of sp³-hybridized carbons (Fsp3) is 0.100. The molecule has 1 heterocycles. The van der Waals surface area contributed by atoms with E-state index in [1.54, 1.807) is 6.07 Å². The van der Waals surface area contributed by atoms with Crippen molar-refractivity contribution >= 4 is 27.1 Å². The second-order valence-corrected chi connectivity index (χ2v) is 3.85. The number of benzene rings is 1. The maximum absolute atomic E-state index is 11.7. The Morgan fingerprint density at radius 3 is 2.79 bits per heavy atom. The maximum Gasteiger partial charge on any atom is 0.214 e. The molecule has 0 aliphatic heterocycles. The number of hydrogen-bond donors (Lipinski definition) is 1. The molecule has 1 aromatic heterocycles. The van der Waals surface area contributed by atoms with Crippen molar-refractivity contribution in [1.29, 1.82) is 0 Å². The van der Waals surface area contributed by atoms with Crippen LogP contribution in [0.5, 0.6) is 5.06 Å². The maximum atomic E-state index is 11.7. The largest absolute Gasteiger partial charge is 0.486 e. The Balaban J connectivity index is 2.92. The van der Waals surface area contributed by atoms with E-state index in [1.807, 2.05) is 18.2 Å². The summed E-state index contributed by atoms with van der Waals surface area (Å²) in [5.74, 6) is 0. The zero-order valence-electron chi connectivity index (χ0n) is 7.61. The quantitative estimate of drug-likeness (QED) is 0.776. The second kappa shape index (κ2) is 3.31. The van der Waals surface area contributed by atoms with Crippen LogP contribution in [0.25, 0.3) is 10.1 Å². The van der Waals surface area contributed by atoms with Gasteiger partial charge in [0.05, 0.1) is 7.11 Å². The standard InChI is InChI=1S/C10H9NO2S/c1-13-10-8(11)9(12)6-4-2-3-5-7(6)14-10/h2-5H,11H2,1H3. The van der Waals surface area contributed by atoms with Crippen LogP contribution < -0.4 is 15.9 Å². The van der Waals surface area contributed by atoms with Gasteiger partial charge in [-0.1, -0.05) is 23.5 Å². The monoisotopic (exact) mass is 207 g/mol. The van der Waals surface area contributed by atoms with Crippen molar-refractivity contribution in [3.63, 3.8) is 0 Å². The van der Waals surface area contributed by atoms with Gasteiger partial charge in [-0.2, -0.15) is 0 Å². The molecule has 0 aliphatic rings. The van der Waals surface area contributed by atoms with E-state index in [0.29, 0.717) is 10.4 Å². The molecule has 4 heteroatoms. The Labute approximate surface area is 84.7 Å². The predicted molar refractivity (Wildman–Crippen MR) is 59.1 cm³/mol. The van der Waals surface area contributed by atoms with E-state index in [0.717, 1.165) is 4.70 Å². The van der Waals surface area contributed by atoms with Crippen LogP contribution in [0.4, 0.5) is 5.69 Å². The number of anilines is 1. The van der Waals surface area contributed by atoms with Gasteiger partial charge in [0.1, 0.15) is 5.69 Å². The van der Waals surface area contributed by atoms with Crippen LogP contribution in [-0.2, 0) is 0 Å². The predicted octanol–water partition coefficient (Wildman–Crippen LogP) is 1.85. The van der Waals surface area contributed by atoms with Crippen molar-refractivity contribution in [3.05, 3.63) is 34.5 Å². The molecule has 2 aromatic rings. The minimum atomic E-state index is -0.156. The Morgan fingerprint density at radius 1 is 1.36 bits per heavy atom. The fourth-order valence-corrected chi connectivity index (χ4v) is 2.19. The SMILES string of the molecule is COc1sc2ccccc2c(=O)c1N. The summed E-state index contributed by atoms with van der Waals surface area (Å²) in [6, 6.07) is 7.35. The van der Waals surface area contributed by atoms with E-state index < -0.39 is 0 Å². The van der Waals surface area contributed by atoms with E-state index in [-0.39, 0.29) is 11.1 Å². The normalized spacial score (nSPS) is 10.4. The van der Waals surface area contributed by atoms with Crippen molar-refractivity contribution in [1.82, 2.24) is 0 Å². The minimum absolute atomic E-state index is 0.156. The first-order chi connectivity index (χ1) is 6.74. The van der Waals surface area contributed by atoms with Crippen LogP contribution in [0.1, 0.15) is 0 Å². The number of nitrogen functional groups attached to an aromatic ring is 1. The molecule has 0 radical (unpaired) electrons.